The fourth-order valence-corrected chi connectivity index (χ4v) is 3.38. The minimum absolute atomic E-state index is 0.236. The fraction of sp³-hybridized carbons (Fsp3) is 0.0526. The van der Waals surface area contributed by atoms with E-state index in [1.807, 2.05) is 36.4 Å². The van der Waals surface area contributed by atoms with Crippen LogP contribution in [0.2, 0.25) is 5.02 Å². The van der Waals surface area contributed by atoms with Crippen LogP contribution in [0.1, 0.15) is 10.4 Å². The van der Waals surface area contributed by atoms with Gasteiger partial charge in [-0.1, -0.05) is 48.0 Å². The molecule has 2 amide bonds. The van der Waals surface area contributed by atoms with E-state index in [-0.39, 0.29) is 12.2 Å². The monoisotopic (exact) mass is 386 g/mol. The van der Waals surface area contributed by atoms with Crippen LogP contribution in [-0.2, 0) is 4.79 Å². The predicted molar refractivity (Wildman–Crippen MR) is 104 cm³/mol. The molecule has 1 aromatic heterocycles. The van der Waals surface area contributed by atoms with Gasteiger partial charge in [-0.05, 0) is 34.7 Å². The van der Waals surface area contributed by atoms with E-state index in [0.29, 0.717) is 15.8 Å². The highest BCUT2D eigenvalue weighted by Gasteiger charge is 2.13. The van der Waals surface area contributed by atoms with E-state index in [1.54, 1.807) is 23.6 Å². The van der Waals surface area contributed by atoms with Gasteiger partial charge in [0.15, 0.2) is 6.61 Å². The Morgan fingerprint density at radius 1 is 1.08 bits per heavy atom. The van der Waals surface area contributed by atoms with Crippen LogP contribution in [0.5, 0.6) is 5.75 Å². The van der Waals surface area contributed by atoms with E-state index in [9.17, 15) is 9.59 Å². The molecule has 0 saturated heterocycles. The van der Waals surface area contributed by atoms with E-state index in [2.05, 4.69) is 5.32 Å². The van der Waals surface area contributed by atoms with E-state index < -0.39 is 11.8 Å². The number of carbonyl (C=O) groups is 2. The van der Waals surface area contributed by atoms with Crippen molar-refractivity contribution in [2.75, 3.05) is 11.9 Å². The molecular weight excluding hydrogens is 372 g/mol. The molecule has 0 aliphatic carbocycles. The third-order valence-electron chi connectivity index (χ3n) is 3.58. The van der Waals surface area contributed by atoms with Crippen molar-refractivity contribution in [1.29, 1.82) is 0 Å². The molecular formula is C19H15ClN2O3S. The van der Waals surface area contributed by atoms with Gasteiger partial charge in [0, 0.05) is 0 Å². The second-order valence-electron chi connectivity index (χ2n) is 5.38. The maximum absolute atomic E-state index is 12.0. The third-order valence-corrected chi connectivity index (χ3v) is 4.71. The first-order valence-electron chi connectivity index (χ1n) is 7.69. The van der Waals surface area contributed by atoms with Gasteiger partial charge in [-0.3, -0.25) is 9.59 Å². The van der Waals surface area contributed by atoms with Crippen molar-refractivity contribution in [3.63, 3.8) is 0 Å². The van der Waals surface area contributed by atoms with Crippen molar-refractivity contribution >= 4 is 39.8 Å². The lowest BCUT2D eigenvalue weighted by Crippen LogP contribution is -2.21. The quantitative estimate of drug-likeness (QED) is 0.666. The Morgan fingerprint density at radius 3 is 2.54 bits per heavy atom. The van der Waals surface area contributed by atoms with Crippen LogP contribution >= 0.6 is 22.9 Å². The normalized spacial score (nSPS) is 10.3. The summed E-state index contributed by atoms with van der Waals surface area (Å²) in [6.45, 7) is -0.236. The summed E-state index contributed by atoms with van der Waals surface area (Å²) >= 11 is 7.47. The third kappa shape index (κ3) is 4.22. The molecule has 3 N–H and O–H groups in total. The lowest BCUT2D eigenvalue weighted by atomic mass is 10.1. The molecule has 3 rings (SSSR count). The molecule has 3 aromatic rings. The minimum Gasteiger partial charge on any atom is -0.482 e. The van der Waals surface area contributed by atoms with Crippen LogP contribution < -0.4 is 15.8 Å². The number of nitrogens with two attached hydrogens (primary N) is 1. The molecule has 7 heteroatoms. The van der Waals surface area contributed by atoms with E-state index >= 15 is 0 Å². The van der Waals surface area contributed by atoms with Crippen molar-refractivity contribution in [3.8, 4) is 16.9 Å². The van der Waals surface area contributed by atoms with E-state index in [1.165, 1.54) is 11.3 Å². The Hall–Kier alpha value is -2.83. The molecule has 26 heavy (non-hydrogen) atoms. The van der Waals surface area contributed by atoms with Gasteiger partial charge in [0.2, 0.25) is 0 Å². The molecule has 132 valence electrons. The van der Waals surface area contributed by atoms with Crippen molar-refractivity contribution in [2.24, 2.45) is 5.73 Å². The van der Waals surface area contributed by atoms with Gasteiger partial charge in [0.25, 0.3) is 11.8 Å². The van der Waals surface area contributed by atoms with Gasteiger partial charge in [0.05, 0.1) is 10.6 Å². The molecule has 5 nitrogen and oxygen atoms in total. The Bertz CT molecular complexity index is 941. The largest absolute Gasteiger partial charge is 0.482 e. The van der Waals surface area contributed by atoms with Crippen LogP contribution in [0, 0.1) is 0 Å². The first-order valence-corrected chi connectivity index (χ1v) is 8.95. The summed E-state index contributed by atoms with van der Waals surface area (Å²) in [6, 6.07) is 16.7. The van der Waals surface area contributed by atoms with Crippen molar-refractivity contribution < 1.29 is 14.3 Å². The summed E-state index contributed by atoms with van der Waals surface area (Å²) in [5.74, 6) is -0.594. The Balaban J connectivity index is 1.63. The molecule has 0 aliphatic rings. The van der Waals surface area contributed by atoms with Crippen molar-refractivity contribution in [3.05, 3.63) is 70.6 Å². The van der Waals surface area contributed by atoms with Crippen molar-refractivity contribution in [2.45, 2.75) is 0 Å². The Morgan fingerprint density at radius 2 is 1.85 bits per heavy atom. The number of carbonyl (C=O) groups excluding carboxylic acids is 2. The second kappa shape index (κ2) is 8.03. The molecule has 0 unspecified atom stereocenters. The molecule has 0 aliphatic heterocycles. The standard InChI is InChI=1S/C19H15ClN2O3S/c20-15-10-13(12-4-2-1-3-5-12)6-7-16(15)25-11-17(23)22-19-14(18(21)24)8-9-26-19/h1-10H,11H2,(H2,21,24)(H,22,23). The zero-order valence-electron chi connectivity index (χ0n) is 13.6. The SMILES string of the molecule is NC(=O)c1ccsc1NC(=O)COc1ccc(-c2ccccc2)cc1Cl. The molecule has 1 heterocycles. The van der Waals surface area contributed by atoms with Crippen molar-refractivity contribution in [1.82, 2.24) is 0 Å². The zero-order chi connectivity index (χ0) is 18.5. The van der Waals surface area contributed by atoms with Gasteiger partial charge in [0.1, 0.15) is 10.8 Å². The summed E-state index contributed by atoms with van der Waals surface area (Å²) in [5, 5.41) is 5.10. The minimum atomic E-state index is -0.595. The number of halogens is 1. The average Bonchev–Trinajstić information content (AvgIpc) is 3.09. The number of ether oxygens (including phenoxy) is 1. The molecule has 0 fully saturated rings. The van der Waals surface area contributed by atoms with Gasteiger partial charge < -0.3 is 15.8 Å². The Labute approximate surface area is 159 Å². The first-order chi connectivity index (χ1) is 12.5. The molecule has 0 radical (unpaired) electrons. The predicted octanol–water partition coefficient (Wildman–Crippen LogP) is 4.18. The number of benzene rings is 2. The van der Waals surface area contributed by atoms with Gasteiger partial charge in [-0.2, -0.15) is 0 Å². The van der Waals surface area contributed by atoms with Gasteiger partial charge >= 0.3 is 0 Å². The van der Waals surface area contributed by atoms with Crippen LogP contribution in [0.3, 0.4) is 0 Å². The maximum atomic E-state index is 12.0. The molecule has 0 bridgehead atoms. The zero-order valence-corrected chi connectivity index (χ0v) is 15.1. The number of anilines is 1. The maximum Gasteiger partial charge on any atom is 0.262 e. The molecule has 0 atom stereocenters. The lowest BCUT2D eigenvalue weighted by molar-refractivity contribution is -0.118. The summed E-state index contributed by atoms with van der Waals surface area (Å²) in [6.07, 6.45) is 0. The van der Waals surface area contributed by atoms with Crippen LogP contribution in [0.25, 0.3) is 11.1 Å². The van der Waals surface area contributed by atoms with Crippen LogP contribution in [0.4, 0.5) is 5.00 Å². The molecule has 2 aromatic carbocycles. The number of amides is 2. The first kappa shape index (κ1) is 18.0. The number of hydrogen-bond donors (Lipinski definition) is 2. The number of thiophene rings is 1. The number of hydrogen-bond acceptors (Lipinski definition) is 4. The number of primary amides is 1. The van der Waals surface area contributed by atoms with E-state index in [0.717, 1.165) is 11.1 Å². The fourth-order valence-electron chi connectivity index (χ4n) is 2.33. The van der Waals surface area contributed by atoms with Gasteiger partial charge in [-0.25, -0.2) is 0 Å². The summed E-state index contributed by atoms with van der Waals surface area (Å²) in [7, 11) is 0. The smallest absolute Gasteiger partial charge is 0.262 e. The lowest BCUT2D eigenvalue weighted by Gasteiger charge is -2.10. The number of rotatable bonds is 6. The highest BCUT2D eigenvalue weighted by Crippen LogP contribution is 2.30. The molecule has 0 saturated carbocycles. The highest BCUT2D eigenvalue weighted by molar-refractivity contribution is 7.14. The second-order valence-corrected chi connectivity index (χ2v) is 6.70. The Kier molecular flexibility index (Phi) is 5.55. The summed E-state index contributed by atoms with van der Waals surface area (Å²) < 4.78 is 5.48. The highest BCUT2D eigenvalue weighted by atomic mass is 35.5. The summed E-state index contributed by atoms with van der Waals surface area (Å²) in [4.78, 5) is 23.3. The van der Waals surface area contributed by atoms with Gasteiger partial charge in [-0.15, -0.1) is 11.3 Å². The summed E-state index contributed by atoms with van der Waals surface area (Å²) in [5.41, 5.74) is 7.51. The van der Waals surface area contributed by atoms with Crippen LogP contribution in [-0.4, -0.2) is 18.4 Å². The average molecular weight is 387 g/mol. The number of nitrogens with one attached hydrogen (secondary N) is 1. The topological polar surface area (TPSA) is 81.4 Å². The van der Waals surface area contributed by atoms with E-state index in [4.69, 9.17) is 22.1 Å². The van der Waals surface area contributed by atoms with Crippen LogP contribution in [0.15, 0.2) is 60.0 Å². The molecule has 0 spiro atoms.